The maximum Gasteiger partial charge on any atom is 0.0985 e. The van der Waals surface area contributed by atoms with Crippen molar-refractivity contribution in [2.45, 2.75) is 0 Å². The van der Waals surface area contributed by atoms with E-state index in [1.165, 1.54) is 0 Å². The van der Waals surface area contributed by atoms with Crippen molar-refractivity contribution >= 4 is 27.3 Å². The Morgan fingerprint density at radius 1 is 1.25 bits per heavy atom. The van der Waals surface area contributed by atoms with Crippen molar-refractivity contribution in [1.29, 1.82) is 0 Å². The van der Waals surface area contributed by atoms with Gasteiger partial charge in [-0.2, -0.15) is 0 Å². The molecule has 0 amide bonds. The van der Waals surface area contributed by atoms with E-state index in [2.05, 4.69) is 25.9 Å². The predicted octanol–water partition coefficient (Wildman–Crippen LogP) is 2.97. The zero-order chi connectivity index (χ0) is 8.39. The van der Waals surface area contributed by atoms with E-state index in [1.807, 2.05) is 12.1 Å². The Morgan fingerprint density at radius 2 is 2.17 bits per heavy atom. The maximum absolute atomic E-state index is 4.19. The fourth-order valence-corrected chi connectivity index (χ4v) is 2.23. The van der Waals surface area contributed by atoms with Gasteiger partial charge in [-0.25, -0.2) is 0 Å². The normalized spacial score (nSPS) is 10.1. The van der Waals surface area contributed by atoms with Crippen LogP contribution in [0.1, 0.15) is 0 Å². The minimum Gasteiger partial charge on any atom is -0.261 e. The average molecular weight is 241 g/mol. The minimum absolute atomic E-state index is 0.924. The molecule has 12 heavy (non-hydrogen) atoms. The molecular formula is C8H5BrN2S. The molecule has 0 aliphatic heterocycles. The number of hydrogen-bond acceptors (Lipinski definition) is 3. The Labute approximate surface area is 82.4 Å². The molecule has 2 rings (SSSR count). The van der Waals surface area contributed by atoms with Crippen LogP contribution in [0.4, 0.5) is 0 Å². The summed E-state index contributed by atoms with van der Waals surface area (Å²) in [6.07, 6.45) is 5.13. The molecule has 0 saturated heterocycles. The molecule has 0 aliphatic rings. The molecule has 0 fully saturated rings. The Bertz CT molecular complexity index is 372. The van der Waals surface area contributed by atoms with Crippen LogP contribution >= 0.6 is 27.3 Å². The lowest BCUT2D eigenvalue weighted by atomic mass is 10.4. The lowest BCUT2D eigenvalue weighted by Crippen LogP contribution is -1.79. The van der Waals surface area contributed by atoms with E-state index in [9.17, 15) is 0 Å². The van der Waals surface area contributed by atoms with Gasteiger partial charge in [-0.05, 0) is 28.1 Å². The van der Waals surface area contributed by atoms with Gasteiger partial charge in [0.1, 0.15) is 0 Å². The zero-order valence-corrected chi connectivity index (χ0v) is 8.47. The molecule has 0 N–H and O–H groups in total. The molecule has 2 aromatic rings. The van der Waals surface area contributed by atoms with Gasteiger partial charge >= 0.3 is 0 Å². The number of nitrogens with zero attached hydrogens (tertiary/aromatic N) is 2. The molecule has 0 aliphatic carbocycles. The highest BCUT2D eigenvalue weighted by atomic mass is 79.9. The fraction of sp³-hybridized carbons (Fsp3) is 0. The Hall–Kier alpha value is -0.740. The van der Waals surface area contributed by atoms with Crippen molar-refractivity contribution in [2.75, 3.05) is 0 Å². The summed E-state index contributed by atoms with van der Waals surface area (Å²) in [5, 5.41) is 0. The van der Waals surface area contributed by atoms with E-state index in [0.717, 1.165) is 14.4 Å². The lowest BCUT2D eigenvalue weighted by molar-refractivity contribution is 1.21. The molecule has 0 radical (unpaired) electrons. The first-order chi connectivity index (χ1) is 5.86. The van der Waals surface area contributed by atoms with E-state index < -0.39 is 0 Å². The van der Waals surface area contributed by atoms with Gasteiger partial charge in [-0.3, -0.25) is 9.97 Å². The van der Waals surface area contributed by atoms with Gasteiger partial charge < -0.3 is 0 Å². The van der Waals surface area contributed by atoms with Crippen LogP contribution < -0.4 is 0 Å². The van der Waals surface area contributed by atoms with E-state index in [0.29, 0.717) is 0 Å². The SMILES string of the molecule is Brc1ccc(-c2cnccn2)s1. The summed E-state index contributed by atoms with van der Waals surface area (Å²) in [4.78, 5) is 9.32. The second-order valence-corrected chi connectivity index (χ2v) is 4.66. The summed E-state index contributed by atoms with van der Waals surface area (Å²) in [6.45, 7) is 0. The number of thiophene rings is 1. The lowest BCUT2D eigenvalue weighted by Gasteiger charge is -1.91. The van der Waals surface area contributed by atoms with Crippen molar-refractivity contribution < 1.29 is 0 Å². The molecule has 0 atom stereocenters. The van der Waals surface area contributed by atoms with Crippen LogP contribution in [0.5, 0.6) is 0 Å². The number of halogens is 1. The number of aromatic nitrogens is 2. The molecule has 0 saturated carbocycles. The first-order valence-electron chi connectivity index (χ1n) is 3.38. The van der Waals surface area contributed by atoms with Gasteiger partial charge in [0.05, 0.1) is 20.6 Å². The van der Waals surface area contributed by atoms with Gasteiger partial charge in [0.25, 0.3) is 0 Å². The van der Waals surface area contributed by atoms with Crippen molar-refractivity contribution in [2.24, 2.45) is 0 Å². The Kier molecular flexibility index (Phi) is 2.19. The van der Waals surface area contributed by atoms with Gasteiger partial charge in [-0.1, -0.05) is 0 Å². The highest BCUT2D eigenvalue weighted by Crippen LogP contribution is 2.29. The quantitative estimate of drug-likeness (QED) is 0.767. The molecule has 0 spiro atoms. The standard InChI is InChI=1S/C8H5BrN2S/c9-8-2-1-7(12-8)6-5-10-3-4-11-6/h1-5H. The van der Waals surface area contributed by atoms with Crippen LogP contribution in [0.25, 0.3) is 10.6 Å². The monoisotopic (exact) mass is 240 g/mol. The molecule has 60 valence electrons. The highest BCUT2D eigenvalue weighted by Gasteiger charge is 2.00. The smallest absolute Gasteiger partial charge is 0.0985 e. The van der Waals surface area contributed by atoms with Crippen LogP contribution in [0.3, 0.4) is 0 Å². The Balaban J connectivity index is 2.45. The van der Waals surface area contributed by atoms with Crippen molar-refractivity contribution in [3.05, 3.63) is 34.5 Å². The first-order valence-corrected chi connectivity index (χ1v) is 4.99. The third-order valence-corrected chi connectivity index (χ3v) is 3.03. The van der Waals surface area contributed by atoms with Gasteiger partial charge in [-0.15, -0.1) is 11.3 Å². The summed E-state index contributed by atoms with van der Waals surface area (Å²) in [6, 6.07) is 4.04. The minimum atomic E-state index is 0.924. The molecule has 2 nitrogen and oxygen atoms in total. The third kappa shape index (κ3) is 1.54. The van der Waals surface area contributed by atoms with Crippen LogP contribution in [0, 0.1) is 0 Å². The summed E-state index contributed by atoms with van der Waals surface area (Å²) < 4.78 is 1.11. The van der Waals surface area contributed by atoms with Gasteiger partial charge in [0.2, 0.25) is 0 Å². The van der Waals surface area contributed by atoms with Crippen LogP contribution in [-0.2, 0) is 0 Å². The zero-order valence-electron chi connectivity index (χ0n) is 6.07. The van der Waals surface area contributed by atoms with Crippen molar-refractivity contribution in [3.63, 3.8) is 0 Å². The number of hydrogen-bond donors (Lipinski definition) is 0. The number of rotatable bonds is 1. The molecule has 0 bridgehead atoms. The van der Waals surface area contributed by atoms with E-state index in [4.69, 9.17) is 0 Å². The van der Waals surface area contributed by atoms with E-state index >= 15 is 0 Å². The van der Waals surface area contributed by atoms with Crippen LogP contribution in [0.2, 0.25) is 0 Å². The highest BCUT2D eigenvalue weighted by molar-refractivity contribution is 9.11. The summed E-state index contributed by atoms with van der Waals surface area (Å²) in [5.41, 5.74) is 0.924. The Morgan fingerprint density at radius 3 is 2.75 bits per heavy atom. The molecule has 4 heteroatoms. The molecular weight excluding hydrogens is 236 g/mol. The average Bonchev–Trinajstić information content (AvgIpc) is 2.54. The van der Waals surface area contributed by atoms with Crippen LogP contribution in [0.15, 0.2) is 34.5 Å². The van der Waals surface area contributed by atoms with Crippen molar-refractivity contribution in [1.82, 2.24) is 9.97 Å². The summed E-state index contributed by atoms with van der Waals surface area (Å²) in [5.74, 6) is 0. The first kappa shape index (κ1) is 7.89. The van der Waals surface area contributed by atoms with E-state index in [1.54, 1.807) is 29.9 Å². The maximum atomic E-state index is 4.19. The second kappa shape index (κ2) is 3.33. The fourth-order valence-electron chi connectivity index (χ4n) is 0.878. The molecule has 0 unspecified atom stereocenters. The van der Waals surface area contributed by atoms with Crippen LogP contribution in [-0.4, -0.2) is 9.97 Å². The molecule has 2 heterocycles. The van der Waals surface area contributed by atoms with Gasteiger partial charge in [0.15, 0.2) is 0 Å². The van der Waals surface area contributed by atoms with Crippen molar-refractivity contribution in [3.8, 4) is 10.6 Å². The summed E-state index contributed by atoms with van der Waals surface area (Å²) >= 11 is 5.05. The van der Waals surface area contributed by atoms with E-state index in [-0.39, 0.29) is 0 Å². The second-order valence-electron chi connectivity index (χ2n) is 2.19. The topological polar surface area (TPSA) is 25.8 Å². The summed E-state index contributed by atoms with van der Waals surface area (Å²) in [7, 11) is 0. The molecule has 0 aromatic carbocycles. The van der Waals surface area contributed by atoms with Gasteiger partial charge in [0, 0.05) is 12.4 Å². The third-order valence-electron chi connectivity index (χ3n) is 1.39. The predicted molar refractivity (Wildman–Crippen MR) is 53.0 cm³/mol. The largest absolute Gasteiger partial charge is 0.261 e. The molecule has 2 aromatic heterocycles.